The second kappa shape index (κ2) is 9.84. The lowest BCUT2D eigenvalue weighted by Crippen LogP contribution is -2.56. The molecule has 9 nitrogen and oxygen atoms in total. The number of likely N-dealkylation sites (tertiary alicyclic amines) is 1. The molecule has 0 bridgehead atoms. The summed E-state index contributed by atoms with van der Waals surface area (Å²) < 4.78 is 26.6. The fourth-order valence-corrected chi connectivity index (χ4v) is 4.89. The van der Waals surface area contributed by atoms with Crippen molar-refractivity contribution in [2.24, 2.45) is 5.92 Å². The number of carbonyl (C=O) groups is 4. The van der Waals surface area contributed by atoms with Gasteiger partial charge in [0, 0.05) is 32.6 Å². The van der Waals surface area contributed by atoms with Crippen LogP contribution in [0.4, 0.5) is 14.5 Å². The Morgan fingerprint density at radius 2 is 1.94 bits per heavy atom. The molecule has 1 aromatic carbocycles. The van der Waals surface area contributed by atoms with Crippen LogP contribution in [0.2, 0.25) is 0 Å². The second-order valence-corrected chi connectivity index (χ2v) is 10.1. The molecule has 11 heteroatoms. The number of fused-ring (bicyclic) bond motifs is 2. The number of nitrogens with one attached hydrogen (secondary N) is 2. The molecular weight excluding hydrogens is 472 g/mol. The monoisotopic (exact) mass is 503 g/mol. The van der Waals surface area contributed by atoms with Gasteiger partial charge in [0.2, 0.25) is 17.7 Å². The van der Waals surface area contributed by atoms with Crippen molar-refractivity contribution in [3.05, 3.63) is 29.8 Å². The van der Waals surface area contributed by atoms with Crippen LogP contribution in [0.25, 0.3) is 0 Å². The number of amides is 4. The molecule has 2 aliphatic heterocycles. The predicted molar refractivity (Wildman–Crippen MR) is 127 cm³/mol. The minimum Gasteiger partial charge on any atom is -0.339 e. The van der Waals surface area contributed by atoms with Crippen molar-refractivity contribution in [1.29, 1.82) is 5.26 Å². The first-order valence-corrected chi connectivity index (χ1v) is 11.8. The number of alkyl halides is 2. The Morgan fingerprint density at radius 1 is 1.31 bits per heavy atom. The van der Waals surface area contributed by atoms with Crippen molar-refractivity contribution < 1.29 is 28.0 Å². The number of rotatable bonds is 7. The van der Waals surface area contributed by atoms with Crippen molar-refractivity contribution in [2.75, 3.05) is 18.9 Å². The number of hydrogen-bond acceptors (Lipinski definition) is 5. The quantitative estimate of drug-likeness (QED) is 0.590. The van der Waals surface area contributed by atoms with Crippen LogP contribution in [-0.2, 0) is 24.6 Å². The molecule has 194 valence electrons. The minimum absolute atomic E-state index is 0.0299. The summed E-state index contributed by atoms with van der Waals surface area (Å²) in [6.45, 7) is 5.38. The van der Waals surface area contributed by atoms with E-state index in [4.69, 9.17) is 0 Å². The molecule has 1 saturated heterocycles. The zero-order valence-electron chi connectivity index (χ0n) is 21.0. The number of likely N-dealkylation sites (N-methyl/N-ethyl adjacent to an activating group) is 1. The molecule has 4 atom stereocenters. The molecule has 0 unspecified atom stereocenters. The van der Waals surface area contributed by atoms with Crippen LogP contribution < -0.4 is 10.6 Å². The average Bonchev–Trinajstić information content (AvgIpc) is 3.33. The van der Waals surface area contributed by atoms with Crippen molar-refractivity contribution in [3.63, 3.8) is 0 Å². The number of hydrogen-bond donors (Lipinski definition) is 2. The molecule has 1 aromatic rings. The maximum absolute atomic E-state index is 13.8. The Labute approximate surface area is 208 Å². The van der Waals surface area contributed by atoms with Gasteiger partial charge < -0.3 is 20.4 Å². The molecule has 0 radical (unpaired) electrons. The summed E-state index contributed by atoms with van der Waals surface area (Å²) in [6, 6.07) is 6.02. The van der Waals surface area contributed by atoms with E-state index in [1.807, 2.05) is 19.2 Å². The molecule has 4 amide bonds. The van der Waals surface area contributed by atoms with Crippen LogP contribution >= 0.6 is 0 Å². The molecule has 0 aliphatic carbocycles. The summed E-state index contributed by atoms with van der Waals surface area (Å²) in [4.78, 5) is 54.0. The molecular formula is C25H31F2N5O4. The van der Waals surface area contributed by atoms with Crippen LogP contribution in [0.5, 0.6) is 0 Å². The third kappa shape index (κ3) is 4.90. The summed E-state index contributed by atoms with van der Waals surface area (Å²) in [7, 11) is 1.37. The van der Waals surface area contributed by atoms with Gasteiger partial charge in [-0.3, -0.25) is 19.2 Å². The maximum atomic E-state index is 13.8. The van der Waals surface area contributed by atoms with Crippen LogP contribution in [0.1, 0.15) is 46.1 Å². The standard InChI is InChI=1S/C25H31F2N5O4/c1-14(2)10-19(31(5)20(33)15(3)29-22(35)24(4,26)27)21(34)32-13-25(11-16(32)12-28)17-8-6-7-9-18(17)30-23(25)36/h6-9,14-16,19H,10-11,13H2,1-5H3,(H,29,35)(H,30,36)/t15-,16-,19-,25-/m0/s1. The highest BCUT2D eigenvalue weighted by atomic mass is 19.3. The molecule has 2 heterocycles. The second-order valence-electron chi connectivity index (χ2n) is 10.1. The summed E-state index contributed by atoms with van der Waals surface area (Å²) in [6.07, 6.45) is 0.346. The number of nitrogens with zero attached hydrogens (tertiary/aromatic N) is 3. The summed E-state index contributed by atoms with van der Waals surface area (Å²) in [5, 5.41) is 14.7. The van der Waals surface area contributed by atoms with Gasteiger partial charge in [-0.05, 0) is 30.9 Å². The Balaban J connectivity index is 1.88. The van der Waals surface area contributed by atoms with E-state index in [9.17, 15) is 33.2 Å². The first-order valence-electron chi connectivity index (χ1n) is 11.8. The van der Waals surface area contributed by atoms with Crippen LogP contribution in [0, 0.1) is 17.2 Å². The molecule has 1 spiro atoms. The Morgan fingerprint density at radius 3 is 2.53 bits per heavy atom. The minimum atomic E-state index is -3.66. The van der Waals surface area contributed by atoms with Crippen LogP contribution in [0.15, 0.2) is 24.3 Å². The van der Waals surface area contributed by atoms with Gasteiger partial charge in [-0.15, -0.1) is 0 Å². The fraction of sp³-hybridized carbons (Fsp3) is 0.560. The molecule has 2 N–H and O–H groups in total. The van der Waals surface area contributed by atoms with Crippen LogP contribution in [-0.4, -0.2) is 71.1 Å². The zero-order chi connectivity index (χ0) is 27.0. The lowest BCUT2D eigenvalue weighted by atomic mass is 9.80. The first-order chi connectivity index (χ1) is 16.7. The van der Waals surface area contributed by atoms with Crippen molar-refractivity contribution in [3.8, 4) is 6.07 Å². The van der Waals surface area contributed by atoms with E-state index >= 15 is 0 Å². The fourth-order valence-electron chi connectivity index (χ4n) is 4.89. The third-order valence-corrected chi connectivity index (χ3v) is 6.83. The molecule has 0 saturated carbocycles. The van der Waals surface area contributed by atoms with Gasteiger partial charge in [0.05, 0.1) is 11.5 Å². The summed E-state index contributed by atoms with van der Waals surface area (Å²) in [5.74, 6) is -6.83. The number of anilines is 1. The zero-order valence-corrected chi connectivity index (χ0v) is 21.0. The van der Waals surface area contributed by atoms with Gasteiger partial charge in [-0.1, -0.05) is 32.0 Å². The lowest BCUT2D eigenvalue weighted by Gasteiger charge is -2.34. The van der Waals surface area contributed by atoms with Gasteiger partial charge in [0.25, 0.3) is 5.91 Å². The number of para-hydroxylation sites is 1. The Hall–Kier alpha value is -3.55. The summed E-state index contributed by atoms with van der Waals surface area (Å²) in [5.41, 5.74) is 0.273. The molecule has 1 fully saturated rings. The van der Waals surface area contributed by atoms with Crippen molar-refractivity contribution >= 4 is 29.3 Å². The lowest BCUT2D eigenvalue weighted by molar-refractivity contribution is -0.150. The summed E-state index contributed by atoms with van der Waals surface area (Å²) >= 11 is 0. The highest BCUT2D eigenvalue weighted by molar-refractivity contribution is 6.07. The van der Waals surface area contributed by atoms with Gasteiger partial charge in [0.1, 0.15) is 18.1 Å². The average molecular weight is 504 g/mol. The molecule has 2 aliphatic rings. The number of carbonyl (C=O) groups excluding carboxylic acids is 4. The van der Waals surface area contributed by atoms with E-state index in [2.05, 4.69) is 11.4 Å². The number of halogens is 2. The Bertz CT molecular complexity index is 1110. The van der Waals surface area contributed by atoms with E-state index < -0.39 is 47.2 Å². The van der Waals surface area contributed by atoms with E-state index in [1.165, 1.54) is 18.9 Å². The van der Waals surface area contributed by atoms with E-state index in [1.54, 1.807) is 24.3 Å². The SMILES string of the molecule is CC(C)C[C@@H](C(=O)N1C[C@]2(C[C@H]1C#N)C(=O)Nc1ccccc12)N(C)C(=O)[C@H](C)NC(=O)C(C)(F)F. The highest BCUT2D eigenvalue weighted by Crippen LogP contribution is 2.46. The smallest absolute Gasteiger partial charge is 0.321 e. The van der Waals surface area contributed by atoms with Gasteiger partial charge in [-0.25, -0.2) is 0 Å². The highest BCUT2D eigenvalue weighted by Gasteiger charge is 2.56. The molecule has 3 rings (SSSR count). The normalized spacial score (nSPS) is 22.6. The molecule has 0 aromatic heterocycles. The van der Waals surface area contributed by atoms with E-state index in [0.29, 0.717) is 18.2 Å². The van der Waals surface area contributed by atoms with Crippen LogP contribution in [0.3, 0.4) is 0 Å². The van der Waals surface area contributed by atoms with Gasteiger partial charge in [0.15, 0.2) is 0 Å². The predicted octanol–water partition coefficient (Wildman–Crippen LogP) is 2.03. The Kier molecular flexibility index (Phi) is 7.39. The first kappa shape index (κ1) is 27.0. The number of nitriles is 1. The third-order valence-electron chi connectivity index (χ3n) is 6.83. The number of benzene rings is 1. The van der Waals surface area contributed by atoms with Crippen molar-refractivity contribution in [1.82, 2.24) is 15.1 Å². The van der Waals surface area contributed by atoms with Gasteiger partial charge >= 0.3 is 5.92 Å². The topological polar surface area (TPSA) is 123 Å². The molecule has 36 heavy (non-hydrogen) atoms. The van der Waals surface area contributed by atoms with Gasteiger partial charge in [-0.2, -0.15) is 14.0 Å². The largest absolute Gasteiger partial charge is 0.339 e. The van der Waals surface area contributed by atoms with E-state index in [0.717, 1.165) is 4.90 Å². The maximum Gasteiger partial charge on any atom is 0.321 e. The van der Waals surface area contributed by atoms with E-state index in [-0.39, 0.29) is 31.2 Å². The van der Waals surface area contributed by atoms with Crippen molar-refractivity contribution in [2.45, 2.75) is 70.0 Å².